The van der Waals surface area contributed by atoms with Crippen molar-refractivity contribution in [1.29, 1.82) is 0 Å². The van der Waals surface area contributed by atoms with E-state index in [-0.39, 0.29) is 0 Å². The summed E-state index contributed by atoms with van der Waals surface area (Å²) < 4.78 is 2.33. The van der Waals surface area contributed by atoms with Gasteiger partial charge in [-0.2, -0.15) is 0 Å². The monoisotopic (exact) mass is 267 g/mol. The summed E-state index contributed by atoms with van der Waals surface area (Å²) in [6.45, 7) is 1.13. The van der Waals surface area contributed by atoms with Crippen molar-refractivity contribution in [2.24, 2.45) is 17.8 Å². The van der Waals surface area contributed by atoms with Crippen LogP contribution in [0.5, 0.6) is 0 Å². The second-order valence-corrected chi connectivity index (χ2v) is 6.46. The van der Waals surface area contributed by atoms with Gasteiger partial charge in [-0.25, -0.2) is 4.98 Å². The Morgan fingerprint density at radius 2 is 2.00 bits per heavy atom. The highest BCUT2D eigenvalue weighted by atomic mass is 15.1. The second kappa shape index (κ2) is 4.65. The molecule has 3 heteroatoms. The third-order valence-electron chi connectivity index (χ3n) is 5.20. The molecule has 2 fully saturated rings. The third kappa shape index (κ3) is 2.01. The minimum Gasteiger partial charge on any atom is -0.399 e. The number of rotatable bonds is 3. The van der Waals surface area contributed by atoms with Gasteiger partial charge < -0.3 is 10.3 Å². The number of hydrogen-bond donors (Lipinski definition) is 1. The number of imidazole rings is 1. The predicted molar refractivity (Wildman–Crippen MR) is 81.0 cm³/mol. The number of benzene rings is 1. The van der Waals surface area contributed by atoms with Crippen LogP contribution in [0.2, 0.25) is 0 Å². The van der Waals surface area contributed by atoms with Gasteiger partial charge in [0.2, 0.25) is 0 Å². The van der Waals surface area contributed by atoms with Crippen molar-refractivity contribution in [3.05, 3.63) is 36.7 Å². The molecule has 104 valence electrons. The Morgan fingerprint density at radius 3 is 2.70 bits per heavy atom. The van der Waals surface area contributed by atoms with Crippen LogP contribution in [-0.4, -0.2) is 9.55 Å². The van der Waals surface area contributed by atoms with Crippen LogP contribution in [-0.2, 0) is 6.54 Å². The number of hydrogen-bond acceptors (Lipinski definition) is 2. The van der Waals surface area contributed by atoms with Gasteiger partial charge in [-0.05, 0) is 61.3 Å². The van der Waals surface area contributed by atoms with Crippen LogP contribution in [0.15, 0.2) is 36.7 Å². The lowest BCUT2D eigenvalue weighted by Crippen LogP contribution is -2.17. The average molecular weight is 267 g/mol. The van der Waals surface area contributed by atoms with E-state index in [9.17, 15) is 0 Å². The van der Waals surface area contributed by atoms with Gasteiger partial charge in [0.1, 0.15) is 5.82 Å². The lowest BCUT2D eigenvalue weighted by Gasteiger charge is -2.22. The molecule has 0 spiro atoms. The molecular formula is C17H21N3. The summed E-state index contributed by atoms with van der Waals surface area (Å²) in [6.07, 6.45) is 9.84. The fraction of sp³-hybridized carbons (Fsp3) is 0.471. The van der Waals surface area contributed by atoms with Gasteiger partial charge in [0.25, 0.3) is 0 Å². The summed E-state index contributed by atoms with van der Waals surface area (Å²) in [5.41, 5.74) is 7.73. The number of aromatic nitrogens is 2. The number of nitrogens with two attached hydrogens (primary N) is 1. The molecule has 2 aliphatic rings. The summed E-state index contributed by atoms with van der Waals surface area (Å²) >= 11 is 0. The van der Waals surface area contributed by atoms with Gasteiger partial charge in [-0.3, -0.25) is 0 Å². The fourth-order valence-corrected chi connectivity index (χ4v) is 4.20. The van der Waals surface area contributed by atoms with Crippen molar-refractivity contribution >= 4 is 5.69 Å². The third-order valence-corrected chi connectivity index (χ3v) is 5.20. The molecule has 2 aromatic rings. The van der Waals surface area contributed by atoms with Crippen molar-refractivity contribution < 1.29 is 0 Å². The molecule has 0 radical (unpaired) electrons. The zero-order chi connectivity index (χ0) is 13.5. The Bertz CT molecular complexity index is 599. The second-order valence-electron chi connectivity index (χ2n) is 6.46. The highest BCUT2D eigenvalue weighted by Gasteiger charge is 2.39. The molecule has 1 heterocycles. The van der Waals surface area contributed by atoms with Crippen molar-refractivity contribution in [1.82, 2.24) is 9.55 Å². The average Bonchev–Trinajstić information content (AvgIpc) is 3.16. The SMILES string of the molecule is Nc1ccc(-c2nccn2CC2CC3CCC2C3)cc1. The van der Waals surface area contributed by atoms with Crippen LogP contribution in [0.25, 0.3) is 11.4 Å². The van der Waals surface area contributed by atoms with Crippen LogP contribution in [0.4, 0.5) is 5.69 Å². The minimum absolute atomic E-state index is 0.806. The van der Waals surface area contributed by atoms with Crippen LogP contribution in [0.3, 0.4) is 0 Å². The normalized spacial score (nSPS) is 28.1. The summed E-state index contributed by atoms with van der Waals surface area (Å²) in [6, 6.07) is 8.03. The first kappa shape index (κ1) is 12.0. The van der Waals surface area contributed by atoms with E-state index in [0.717, 1.165) is 41.4 Å². The zero-order valence-electron chi connectivity index (χ0n) is 11.7. The van der Waals surface area contributed by atoms with Gasteiger partial charge in [0, 0.05) is 30.2 Å². The quantitative estimate of drug-likeness (QED) is 0.864. The molecule has 0 saturated heterocycles. The Morgan fingerprint density at radius 1 is 1.15 bits per heavy atom. The van der Waals surface area contributed by atoms with Crippen molar-refractivity contribution in [2.45, 2.75) is 32.2 Å². The highest BCUT2D eigenvalue weighted by Crippen LogP contribution is 2.49. The first-order valence-electron chi connectivity index (χ1n) is 7.66. The predicted octanol–water partition coefficient (Wildman–Crippen LogP) is 3.57. The molecule has 1 aromatic carbocycles. The fourth-order valence-electron chi connectivity index (χ4n) is 4.20. The van der Waals surface area contributed by atoms with Crippen LogP contribution >= 0.6 is 0 Å². The van der Waals surface area contributed by atoms with Crippen molar-refractivity contribution in [3.8, 4) is 11.4 Å². The van der Waals surface area contributed by atoms with E-state index < -0.39 is 0 Å². The molecule has 3 nitrogen and oxygen atoms in total. The van der Waals surface area contributed by atoms with E-state index in [1.54, 1.807) is 0 Å². The lowest BCUT2D eigenvalue weighted by molar-refractivity contribution is 0.297. The number of nitrogens with zero attached hydrogens (tertiary/aromatic N) is 2. The van der Waals surface area contributed by atoms with Crippen LogP contribution in [0, 0.1) is 17.8 Å². The maximum absolute atomic E-state index is 5.76. The Hall–Kier alpha value is -1.77. The number of nitrogen functional groups attached to an aromatic ring is 1. The van der Waals surface area contributed by atoms with Gasteiger partial charge in [-0.15, -0.1) is 0 Å². The van der Waals surface area contributed by atoms with Crippen LogP contribution in [0.1, 0.15) is 25.7 Å². The first-order valence-corrected chi connectivity index (χ1v) is 7.66. The molecule has 2 aliphatic carbocycles. The highest BCUT2D eigenvalue weighted by molar-refractivity contribution is 5.59. The van der Waals surface area contributed by atoms with E-state index in [4.69, 9.17) is 5.73 Å². The number of anilines is 1. The smallest absolute Gasteiger partial charge is 0.139 e. The Kier molecular flexibility index (Phi) is 2.79. The van der Waals surface area contributed by atoms with Crippen molar-refractivity contribution in [3.63, 3.8) is 0 Å². The molecule has 2 N–H and O–H groups in total. The Balaban J connectivity index is 1.57. The molecule has 20 heavy (non-hydrogen) atoms. The molecule has 1 aromatic heterocycles. The number of fused-ring (bicyclic) bond motifs is 2. The van der Waals surface area contributed by atoms with E-state index >= 15 is 0 Å². The molecule has 3 atom stereocenters. The molecule has 2 bridgehead atoms. The maximum Gasteiger partial charge on any atom is 0.139 e. The van der Waals surface area contributed by atoms with Crippen molar-refractivity contribution in [2.75, 3.05) is 5.73 Å². The zero-order valence-corrected chi connectivity index (χ0v) is 11.7. The topological polar surface area (TPSA) is 43.8 Å². The molecule has 3 unspecified atom stereocenters. The Labute approximate surface area is 119 Å². The summed E-state index contributed by atoms with van der Waals surface area (Å²) in [5, 5.41) is 0. The largest absolute Gasteiger partial charge is 0.399 e. The maximum atomic E-state index is 5.76. The van der Waals surface area contributed by atoms with Gasteiger partial charge in [0.15, 0.2) is 0 Å². The van der Waals surface area contributed by atoms with E-state index in [1.165, 1.54) is 25.7 Å². The van der Waals surface area contributed by atoms with Gasteiger partial charge in [-0.1, -0.05) is 6.42 Å². The van der Waals surface area contributed by atoms with E-state index in [2.05, 4.69) is 27.9 Å². The summed E-state index contributed by atoms with van der Waals surface area (Å²) in [4.78, 5) is 4.54. The molecule has 0 aliphatic heterocycles. The summed E-state index contributed by atoms with van der Waals surface area (Å²) in [7, 11) is 0. The molecule has 2 saturated carbocycles. The lowest BCUT2D eigenvalue weighted by atomic mass is 9.89. The molecular weight excluding hydrogens is 246 g/mol. The van der Waals surface area contributed by atoms with Gasteiger partial charge in [0.05, 0.1) is 0 Å². The van der Waals surface area contributed by atoms with E-state index in [1.807, 2.05) is 18.3 Å². The molecule has 4 rings (SSSR count). The van der Waals surface area contributed by atoms with Gasteiger partial charge >= 0.3 is 0 Å². The summed E-state index contributed by atoms with van der Waals surface area (Å²) in [5.74, 6) is 3.90. The first-order chi connectivity index (χ1) is 9.79. The van der Waals surface area contributed by atoms with Crippen LogP contribution < -0.4 is 5.73 Å². The van der Waals surface area contributed by atoms with E-state index in [0.29, 0.717) is 0 Å². The standard InChI is InChI=1S/C17H21N3/c18-16-5-3-13(4-6-16)17-19-7-8-20(17)11-15-10-12-1-2-14(15)9-12/h3-8,12,14-15H,1-2,9-11,18H2. The molecule has 0 amide bonds. The minimum atomic E-state index is 0.806.